The Morgan fingerprint density at radius 3 is 2.54 bits per heavy atom. The van der Waals surface area contributed by atoms with Crippen molar-refractivity contribution in [3.63, 3.8) is 0 Å². The molecule has 5 atom stereocenters. The highest BCUT2D eigenvalue weighted by Crippen LogP contribution is 2.41. The van der Waals surface area contributed by atoms with Crippen LogP contribution in [-0.4, -0.2) is 41.9 Å². The smallest absolute Gasteiger partial charge is 0.108 e. The highest BCUT2D eigenvalue weighted by molar-refractivity contribution is 7.81. The lowest BCUT2D eigenvalue weighted by atomic mass is 9.56. The standard InChI is InChI=1S/C8H20B3NS/c1-12-7-4(3-9)2-5(10)8(13)6(7)11/h4-8,12-13H,2-3,9-11H2,1H3. The molecule has 13 heavy (non-hydrogen) atoms. The molecule has 0 saturated heterocycles. The zero-order valence-electron chi connectivity index (χ0n) is 9.25. The van der Waals surface area contributed by atoms with Gasteiger partial charge in [-0.05, 0) is 24.0 Å². The first kappa shape index (κ1) is 11.6. The molecule has 1 nitrogen and oxygen atoms in total. The van der Waals surface area contributed by atoms with Crippen molar-refractivity contribution in [3.05, 3.63) is 0 Å². The normalized spacial score (nSPS) is 46.2. The molecule has 5 unspecified atom stereocenters. The van der Waals surface area contributed by atoms with Crippen LogP contribution in [0.1, 0.15) is 6.42 Å². The topological polar surface area (TPSA) is 12.0 Å². The molecular formula is C8H20B3NS. The molecule has 0 amide bonds. The third kappa shape index (κ3) is 2.30. The van der Waals surface area contributed by atoms with E-state index in [0.29, 0.717) is 17.1 Å². The van der Waals surface area contributed by atoms with Gasteiger partial charge in [0.05, 0.1) is 0 Å². The van der Waals surface area contributed by atoms with Crippen molar-refractivity contribution in [2.75, 3.05) is 7.05 Å². The molecular weight excluding hydrogens is 175 g/mol. The van der Waals surface area contributed by atoms with E-state index in [1.807, 2.05) is 0 Å². The summed E-state index contributed by atoms with van der Waals surface area (Å²) in [4.78, 5) is 0. The third-order valence-corrected chi connectivity index (χ3v) is 4.71. The highest BCUT2D eigenvalue weighted by Gasteiger charge is 2.36. The Kier molecular flexibility index (Phi) is 4.31. The molecule has 0 spiro atoms. The summed E-state index contributed by atoms with van der Waals surface area (Å²) in [5.74, 6) is 2.31. The molecule has 0 bridgehead atoms. The Hall–Kier alpha value is 0.505. The van der Waals surface area contributed by atoms with E-state index >= 15 is 0 Å². The van der Waals surface area contributed by atoms with Crippen LogP contribution in [0, 0.1) is 5.92 Å². The highest BCUT2D eigenvalue weighted by atomic mass is 32.1. The molecule has 1 fully saturated rings. The van der Waals surface area contributed by atoms with Crippen LogP contribution >= 0.6 is 12.6 Å². The largest absolute Gasteiger partial charge is 0.317 e. The lowest BCUT2D eigenvalue weighted by Crippen LogP contribution is -2.46. The maximum atomic E-state index is 4.70. The van der Waals surface area contributed by atoms with Crippen LogP contribution < -0.4 is 5.32 Å². The Balaban J connectivity index is 2.69. The van der Waals surface area contributed by atoms with Gasteiger partial charge >= 0.3 is 0 Å². The van der Waals surface area contributed by atoms with Gasteiger partial charge in [-0.2, -0.15) is 12.6 Å². The lowest BCUT2D eigenvalue weighted by Gasteiger charge is -2.43. The van der Waals surface area contributed by atoms with Gasteiger partial charge in [-0.1, -0.05) is 18.6 Å². The van der Waals surface area contributed by atoms with Crippen LogP contribution in [0.3, 0.4) is 0 Å². The van der Waals surface area contributed by atoms with Gasteiger partial charge in [0.2, 0.25) is 0 Å². The summed E-state index contributed by atoms with van der Waals surface area (Å²) < 4.78 is 0. The fraction of sp³-hybridized carbons (Fsp3) is 1.00. The Morgan fingerprint density at radius 1 is 1.46 bits per heavy atom. The second-order valence-corrected chi connectivity index (χ2v) is 5.14. The van der Waals surface area contributed by atoms with Gasteiger partial charge in [0.1, 0.15) is 23.5 Å². The Bertz CT molecular complexity index is 167. The van der Waals surface area contributed by atoms with Crippen molar-refractivity contribution in [1.82, 2.24) is 5.32 Å². The summed E-state index contributed by atoms with van der Waals surface area (Å²) in [6.07, 6.45) is 2.63. The van der Waals surface area contributed by atoms with Gasteiger partial charge < -0.3 is 5.32 Å². The minimum atomic E-state index is 0.570. The van der Waals surface area contributed by atoms with Crippen molar-refractivity contribution < 1.29 is 0 Å². The maximum absolute atomic E-state index is 4.70. The summed E-state index contributed by atoms with van der Waals surface area (Å²) >= 11 is 4.70. The first-order chi connectivity index (χ1) is 6.11. The van der Waals surface area contributed by atoms with Crippen LogP contribution in [-0.2, 0) is 0 Å². The second-order valence-electron chi connectivity index (χ2n) is 4.55. The van der Waals surface area contributed by atoms with Gasteiger partial charge in [0.15, 0.2) is 0 Å². The van der Waals surface area contributed by atoms with E-state index in [2.05, 4.69) is 35.9 Å². The maximum Gasteiger partial charge on any atom is 0.108 e. The average molecular weight is 195 g/mol. The molecule has 1 aliphatic carbocycles. The van der Waals surface area contributed by atoms with Gasteiger partial charge in [0.25, 0.3) is 0 Å². The molecule has 0 heterocycles. The molecule has 72 valence electrons. The van der Waals surface area contributed by atoms with Crippen LogP contribution in [0.2, 0.25) is 18.0 Å². The number of thiol groups is 1. The van der Waals surface area contributed by atoms with Gasteiger partial charge in [-0.15, -0.1) is 0 Å². The van der Waals surface area contributed by atoms with E-state index in [4.69, 9.17) is 12.6 Å². The van der Waals surface area contributed by atoms with E-state index in [9.17, 15) is 0 Å². The molecule has 1 aliphatic rings. The predicted octanol–water partition coefficient (Wildman–Crippen LogP) is -1.21. The minimum Gasteiger partial charge on any atom is -0.317 e. The fourth-order valence-corrected chi connectivity index (χ4v) is 3.15. The van der Waals surface area contributed by atoms with E-state index in [0.717, 1.165) is 11.7 Å². The number of hydrogen-bond acceptors (Lipinski definition) is 2. The van der Waals surface area contributed by atoms with E-state index < -0.39 is 0 Å². The molecule has 5 heteroatoms. The molecule has 1 saturated carbocycles. The molecule has 0 radical (unpaired) electrons. The summed E-state index contributed by atoms with van der Waals surface area (Å²) in [6.45, 7) is 0. The third-order valence-electron chi connectivity index (χ3n) is 3.73. The Labute approximate surface area is 90.4 Å². The predicted molar refractivity (Wildman–Crippen MR) is 71.7 cm³/mol. The number of nitrogens with one attached hydrogen (secondary N) is 1. The monoisotopic (exact) mass is 195 g/mol. The van der Waals surface area contributed by atoms with Gasteiger partial charge in [-0.3, -0.25) is 0 Å². The summed E-state index contributed by atoms with van der Waals surface area (Å²) in [6, 6.07) is 0.670. The minimum absolute atomic E-state index is 0.570. The van der Waals surface area contributed by atoms with E-state index in [1.165, 1.54) is 12.7 Å². The zero-order chi connectivity index (χ0) is 10.0. The molecule has 1 rings (SSSR count). The van der Waals surface area contributed by atoms with Crippen LogP contribution in [0.15, 0.2) is 0 Å². The van der Waals surface area contributed by atoms with Crippen molar-refractivity contribution in [3.8, 4) is 0 Å². The molecule has 0 aromatic heterocycles. The van der Waals surface area contributed by atoms with E-state index in [-0.39, 0.29) is 0 Å². The fourth-order valence-electron chi connectivity index (χ4n) is 2.84. The lowest BCUT2D eigenvalue weighted by molar-refractivity contribution is 0.303. The zero-order valence-corrected chi connectivity index (χ0v) is 10.1. The molecule has 0 aliphatic heterocycles. The van der Waals surface area contributed by atoms with Gasteiger partial charge in [-0.25, -0.2) is 0 Å². The van der Waals surface area contributed by atoms with Crippen LogP contribution in [0.4, 0.5) is 0 Å². The first-order valence-corrected chi connectivity index (χ1v) is 5.98. The van der Waals surface area contributed by atoms with Crippen molar-refractivity contribution >= 4 is 36.2 Å². The van der Waals surface area contributed by atoms with Crippen molar-refractivity contribution in [1.29, 1.82) is 0 Å². The van der Waals surface area contributed by atoms with Crippen molar-refractivity contribution in [2.24, 2.45) is 5.92 Å². The Morgan fingerprint density at radius 2 is 2.08 bits per heavy atom. The van der Waals surface area contributed by atoms with Crippen molar-refractivity contribution in [2.45, 2.75) is 35.7 Å². The molecule has 0 aromatic carbocycles. The van der Waals surface area contributed by atoms with Crippen LogP contribution in [0.25, 0.3) is 0 Å². The van der Waals surface area contributed by atoms with Crippen LogP contribution in [0.5, 0.6) is 0 Å². The quantitative estimate of drug-likeness (QED) is 0.415. The second kappa shape index (κ2) is 4.83. The van der Waals surface area contributed by atoms with Gasteiger partial charge in [0, 0.05) is 6.04 Å². The summed E-state index contributed by atoms with van der Waals surface area (Å²) in [7, 11) is 9.05. The number of hydrogen-bond donors (Lipinski definition) is 2. The summed E-state index contributed by atoms with van der Waals surface area (Å²) in [5, 5.41) is 4.03. The average Bonchev–Trinajstić information content (AvgIpc) is 2.13. The first-order valence-electron chi connectivity index (χ1n) is 5.47. The van der Waals surface area contributed by atoms with E-state index in [1.54, 1.807) is 0 Å². The SMILES string of the molecule is BCC1CC(B)C(S)C(B)C1NC. The molecule has 1 N–H and O–H groups in total. The molecule has 0 aromatic rings. The number of rotatable bonds is 2. The summed E-state index contributed by atoms with van der Waals surface area (Å²) in [5.41, 5.74) is 0.